The molecule has 3 rings (SSSR count). The van der Waals surface area contributed by atoms with Crippen molar-refractivity contribution in [1.82, 2.24) is 9.80 Å². The zero-order valence-electron chi connectivity index (χ0n) is 16.0. The van der Waals surface area contributed by atoms with E-state index in [0.717, 1.165) is 44.7 Å². The van der Waals surface area contributed by atoms with Gasteiger partial charge in [-0.05, 0) is 42.5 Å². The molecule has 1 fully saturated rings. The maximum atomic E-state index is 10.7. The fourth-order valence-corrected chi connectivity index (χ4v) is 3.67. The Bertz CT molecular complexity index is 692. The van der Waals surface area contributed by atoms with Crippen LogP contribution in [-0.4, -0.2) is 60.1 Å². The molecular weight excluding hydrogens is 336 g/mol. The topological polar surface area (TPSA) is 43.8 Å². The number of hydrogen-bond acceptors (Lipinski definition) is 3. The van der Waals surface area contributed by atoms with Gasteiger partial charge in [-0.25, -0.2) is 0 Å². The maximum absolute atomic E-state index is 10.7. The summed E-state index contributed by atoms with van der Waals surface area (Å²) in [7, 11) is 0. The van der Waals surface area contributed by atoms with Crippen molar-refractivity contribution in [2.24, 2.45) is 0 Å². The van der Waals surface area contributed by atoms with Gasteiger partial charge in [0.1, 0.15) is 0 Å². The molecule has 1 aliphatic rings. The predicted octanol–water partition coefficient (Wildman–Crippen LogP) is 3.11. The third-order valence-electron chi connectivity index (χ3n) is 5.34. The minimum Gasteiger partial charge on any atom is -0.481 e. The molecule has 0 bridgehead atoms. The molecule has 0 atom stereocenters. The Labute approximate surface area is 162 Å². The van der Waals surface area contributed by atoms with E-state index in [1.165, 1.54) is 30.5 Å². The van der Waals surface area contributed by atoms with Gasteiger partial charge >= 0.3 is 5.97 Å². The van der Waals surface area contributed by atoms with Crippen molar-refractivity contribution < 1.29 is 9.90 Å². The van der Waals surface area contributed by atoms with Crippen LogP contribution in [0.2, 0.25) is 0 Å². The standard InChI is InChI=1S/C23H30N2O2/c26-23(27)19-22-10-8-21(9-11-22)12-14-25-17-15-24(16-18-25)13-4-7-20-5-2-1-3-6-20/h1-3,5-6,8-11H,4,7,12-19H2,(H,26,27). The molecule has 1 heterocycles. The van der Waals surface area contributed by atoms with Crippen LogP contribution in [0.5, 0.6) is 0 Å². The average Bonchev–Trinajstić information content (AvgIpc) is 2.69. The highest BCUT2D eigenvalue weighted by Gasteiger charge is 2.16. The number of nitrogens with zero attached hydrogens (tertiary/aromatic N) is 2. The van der Waals surface area contributed by atoms with Gasteiger partial charge in [0.25, 0.3) is 0 Å². The van der Waals surface area contributed by atoms with Crippen LogP contribution in [0.1, 0.15) is 23.1 Å². The molecule has 144 valence electrons. The summed E-state index contributed by atoms with van der Waals surface area (Å²) in [4.78, 5) is 15.9. The highest BCUT2D eigenvalue weighted by molar-refractivity contribution is 5.70. The number of carboxylic acids is 1. The molecule has 0 unspecified atom stereocenters. The van der Waals surface area contributed by atoms with Crippen LogP contribution < -0.4 is 0 Å². The van der Waals surface area contributed by atoms with Crippen molar-refractivity contribution in [1.29, 1.82) is 0 Å². The fourth-order valence-electron chi connectivity index (χ4n) is 3.67. The van der Waals surface area contributed by atoms with Crippen molar-refractivity contribution in [2.75, 3.05) is 39.3 Å². The first-order chi connectivity index (χ1) is 13.2. The highest BCUT2D eigenvalue weighted by Crippen LogP contribution is 2.10. The molecular formula is C23H30N2O2. The monoisotopic (exact) mass is 366 g/mol. The van der Waals surface area contributed by atoms with Gasteiger partial charge in [0.2, 0.25) is 0 Å². The number of aliphatic carboxylic acids is 1. The Morgan fingerprint density at radius 1 is 0.741 bits per heavy atom. The molecule has 1 aliphatic heterocycles. The number of carboxylic acid groups (broad SMARTS) is 1. The van der Waals surface area contributed by atoms with E-state index >= 15 is 0 Å². The molecule has 0 aliphatic carbocycles. The second-order valence-corrected chi connectivity index (χ2v) is 7.41. The first kappa shape index (κ1) is 19.6. The number of benzene rings is 2. The van der Waals surface area contributed by atoms with Crippen LogP contribution >= 0.6 is 0 Å². The lowest BCUT2D eigenvalue weighted by Gasteiger charge is -2.34. The second kappa shape index (κ2) is 10.2. The van der Waals surface area contributed by atoms with E-state index in [1.54, 1.807) is 0 Å². The Hall–Kier alpha value is -2.17. The number of piperazine rings is 1. The van der Waals surface area contributed by atoms with Crippen molar-refractivity contribution >= 4 is 5.97 Å². The number of aryl methyl sites for hydroxylation is 1. The molecule has 2 aromatic carbocycles. The smallest absolute Gasteiger partial charge is 0.307 e. The average molecular weight is 367 g/mol. The normalized spacial score (nSPS) is 15.7. The third-order valence-corrected chi connectivity index (χ3v) is 5.34. The molecule has 2 aromatic rings. The third kappa shape index (κ3) is 6.81. The van der Waals surface area contributed by atoms with Gasteiger partial charge in [-0.1, -0.05) is 54.6 Å². The van der Waals surface area contributed by atoms with E-state index in [1.807, 2.05) is 12.1 Å². The molecule has 0 radical (unpaired) electrons. The van der Waals surface area contributed by atoms with E-state index in [4.69, 9.17) is 5.11 Å². The molecule has 0 amide bonds. The molecule has 0 spiro atoms. The lowest BCUT2D eigenvalue weighted by Crippen LogP contribution is -2.47. The summed E-state index contributed by atoms with van der Waals surface area (Å²) in [6.45, 7) is 6.87. The van der Waals surface area contributed by atoms with Crippen molar-refractivity contribution in [2.45, 2.75) is 25.7 Å². The van der Waals surface area contributed by atoms with Gasteiger partial charge in [0.15, 0.2) is 0 Å². The van der Waals surface area contributed by atoms with E-state index in [0.29, 0.717) is 0 Å². The van der Waals surface area contributed by atoms with Crippen LogP contribution in [0.25, 0.3) is 0 Å². The van der Waals surface area contributed by atoms with Gasteiger partial charge in [-0.3, -0.25) is 4.79 Å². The summed E-state index contributed by atoms with van der Waals surface area (Å²) in [5, 5.41) is 8.83. The summed E-state index contributed by atoms with van der Waals surface area (Å²) in [6.07, 6.45) is 3.53. The van der Waals surface area contributed by atoms with Gasteiger partial charge < -0.3 is 14.9 Å². The van der Waals surface area contributed by atoms with Crippen LogP contribution in [0, 0.1) is 0 Å². The summed E-state index contributed by atoms with van der Waals surface area (Å²) in [5.41, 5.74) is 3.59. The Morgan fingerprint density at radius 3 is 1.93 bits per heavy atom. The van der Waals surface area contributed by atoms with Gasteiger partial charge in [0.05, 0.1) is 6.42 Å². The number of hydrogen-bond donors (Lipinski definition) is 1. The Morgan fingerprint density at radius 2 is 1.30 bits per heavy atom. The SMILES string of the molecule is O=C(O)Cc1ccc(CCN2CCN(CCCc3ccccc3)CC2)cc1. The Balaban J connectivity index is 1.31. The molecule has 27 heavy (non-hydrogen) atoms. The van der Waals surface area contributed by atoms with E-state index in [9.17, 15) is 4.79 Å². The molecule has 1 N–H and O–H groups in total. The molecule has 0 saturated carbocycles. The zero-order valence-corrected chi connectivity index (χ0v) is 16.0. The summed E-state index contributed by atoms with van der Waals surface area (Å²) < 4.78 is 0. The van der Waals surface area contributed by atoms with Gasteiger partial charge in [-0.15, -0.1) is 0 Å². The van der Waals surface area contributed by atoms with E-state index in [-0.39, 0.29) is 6.42 Å². The summed E-state index contributed by atoms with van der Waals surface area (Å²) >= 11 is 0. The molecule has 4 nitrogen and oxygen atoms in total. The van der Waals surface area contributed by atoms with Crippen LogP contribution in [0.15, 0.2) is 54.6 Å². The second-order valence-electron chi connectivity index (χ2n) is 7.41. The zero-order chi connectivity index (χ0) is 18.9. The minimum atomic E-state index is -0.774. The van der Waals surface area contributed by atoms with Crippen LogP contribution in [-0.2, 0) is 24.1 Å². The Kier molecular flexibility index (Phi) is 7.43. The highest BCUT2D eigenvalue weighted by atomic mass is 16.4. The maximum Gasteiger partial charge on any atom is 0.307 e. The fraction of sp³-hybridized carbons (Fsp3) is 0.435. The molecule has 1 saturated heterocycles. The summed E-state index contributed by atoms with van der Waals surface area (Å²) in [6, 6.07) is 18.8. The van der Waals surface area contributed by atoms with Gasteiger partial charge in [-0.2, -0.15) is 0 Å². The quantitative estimate of drug-likeness (QED) is 0.741. The van der Waals surface area contributed by atoms with Gasteiger partial charge in [0, 0.05) is 32.7 Å². The van der Waals surface area contributed by atoms with E-state index in [2.05, 4.69) is 52.3 Å². The van der Waals surface area contributed by atoms with Crippen LogP contribution in [0.4, 0.5) is 0 Å². The lowest BCUT2D eigenvalue weighted by atomic mass is 10.1. The van der Waals surface area contributed by atoms with E-state index < -0.39 is 5.97 Å². The molecule has 0 aromatic heterocycles. The van der Waals surface area contributed by atoms with Crippen molar-refractivity contribution in [3.63, 3.8) is 0 Å². The molecule has 4 heteroatoms. The van der Waals surface area contributed by atoms with Crippen molar-refractivity contribution in [3.05, 3.63) is 71.3 Å². The minimum absolute atomic E-state index is 0.104. The van der Waals surface area contributed by atoms with Crippen molar-refractivity contribution in [3.8, 4) is 0 Å². The predicted molar refractivity (Wildman–Crippen MR) is 109 cm³/mol. The van der Waals surface area contributed by atoms with Crippen LogP contribution in [0.3, 0.4) is 0 Å². The first-order valence-corrected chi connectivity index (χ1v) is 9.97. The largest absolute Gasteiger partial charge is 0.481 e. The summed E-state index contributed by atoms with van der Waals surface area (Å²) in [5.74, 6) is -0.774. The first-order valence-electron chi connectivity index (χ1n) is 9.97. The lowest BCUT2D eigenvalue weighted by molar-refractivity contribution is -0.136. The number of rotatable bonds is 9. The number of carbonyl (C=O) groups is 1.